The lowest BCUT2D eigenvalue weighted by atomic mass is 9.78. The molecule has 3 aliphatic rings. The number of fused-ring (bicyclic) bond motifs is 1. The van der Waals surface area contributed by atoms with Gasteiger partial charge in [-0.25, -0.2) is 8.42 Å². The highest BCUT2D eigenvalue weighted by atomic mass is 32.2. The highest BCUT2D eigenvalue weighted by Crippen LogP contribution is 2.35. The maximum atomic E-state index is 12.8. The summed E-state index contributed by atoms with van der Waals surface area (Å²) in [6.07, 6.45) is 10.1. The van der Waals surface area contributed by atoms with E-state index < -0.39 is 10.0 Å². The molecule has 2 aliphatic heterocycles. The van der Waals surface area contributed by atoms with Crippen molar-refractivity contribution in [1.82, 2.24) is 9.21 Å². The van der Waals surface area contributed by atoms with E-state index in [0.717, 1.165) is 38.6 Å². The fourth-order valence-corrected chi connectivity index (χ4v) is 6.64. The maximum absolute atomic E-state index is 12.8. The Balaban J connectivity index is 1.34. The molecule has 6 nitrogen and oxygen atoms in total. The average Bonchev–Trinajstić information content (AvgIpc) is 2.78. The van der Waals surface area contributed by atoms with Crippen molar-refractivity contribution in [3.8, 4) is 5.75 Å². The van der Waals surface area contributed by atoms with Crippen LogP contribution in [0, 0.1) is 5.92 Å². The van der Waals surface area contributed by atoms with Crippen molar-refractivity contribution >= 4 is 15.9 Å². The molecule has 29 heavy (non-hydrogen) atoms. The second-order valence-corrected chi connectivity index (χ2v) is 10.5. The van der Waals surface area contributed by atoms with Gasteiger partial charge in [-0.2, -0.15) is 4.31 Å². The van der Waals surface area contributed by atoms with Crippen LogP contribution in [0.25, 0.3) is 0 Å². The molecule has 1 saturated carbocycles. The van der Waals surface area contributed by atoms with E-state index in [4.69, 9.17) is 4.74 Å². The summed E-state index contributed by atoms with van der Waals surface area (Å²) < 4.78 is 32.7. The highest BCUT2D eigenvalue weighted by Gasteiger charge is 2.35. The van der Waals surface area contributed by atoms with Gasteiger partial charge < -0.3 is 9.64 Å². The maximum Gasteiger partial charge on any atom is 0.260 e. The van der Waals surface area contributed by atoms with E-state index in [1.807, 2.05) is 4.90 Å². The first-order valence-corrected chi connectivity index (χ1v) is 12.5. The lowest BCUT2D eigenvalue weighted by Crippen LogP contribution is -2.51. The second kappa shape index (κ2) is 9.04. The number of hydrogen-bond acceptors (Lipinski definition) is 4. The zero-order chi connectivity index (χ0) is 20.3. The van der Waals surface area contributed by atoms with Gasteiger partial charge in [-0.15, -0.1) is 0 Å². The van der Waals surface area contributed by atoms with Crippen molar-refractivity contribution in [2.45, 2.75) is 68.7 Å². The molecule has 2 atom stereocenters. The number of sulfonamides is 1. The Morgan fingerprint density at radius 2 is 1.59 bits per heavy atom. The molecular weight excluding hydrogens is 388 g/mol. The van der Waals surface area contributed by atoms with Crippen molar-refractivity contribution < 1.29 is 17.9 Å². The fourth-order valence-electron chi connectivity index (χ4n) is 5.12. The number of rotatable bonds is 5. The third kappa shape index (κ3) is 4.61. The number of likely N-dealkylation sites (tertiary alicyclic amines) is 1. The molecule has 0 aromatic heterocycles. The zero-order valence-corrected chi connectivity index (χ0v) is 17.9. The van der Waals surface area contributed by atoms with Crippen LogP contribution >= 0.6 is 0 Å². The minimum Gasteiger partial charge on any atom is -0.484 e. The first kappa shape index (κ1) is 20.7. The lowest BCUT2D eigenvalue weighted by molar-refractivity contribution is -0.139. The molecule has 1 aromatic carbocycles. The first-order valence-electron chi connectivity index (χ1n) is 11.1. The van der Waals surface area contributed by atoms with Crippen LogP contribution in [0.4, 0.5) is 0 Å². The summed E-state index contributed by atoms with van der Waals surface area (Å²) in [5.74, 6) is 1.24. The predicted molar refractivity (Wildman–Crippen MR) is 111 cm³/mol. The third-order valence-electron chi connectivity index (χ3n) is 6.70. The quantitative estimate of drug-likeness (QED) is 0.732. The van der Waals surface area contributed by atoms with Crippen molar-refractivity contribution in [1.29, 1.82) is 0 Å². The van der Waals surface area contributed by atoms with E-state index >= 15 is 0 Å². The van der Waals surface area contributed by atoms with Gasteiger partial charge in [0.05, 0.1) is 4.90 Å². The molecule has 1 amide bonds. The van der Waals surface area contributed by atoms with Gasteiger partial charge >= 0.3 is 0 Å². The summed E-state index contributed by atoms with van der Waals surface area (Å²) in [7, 11) is -3.44. The normalized spacial score (nSPS) is 26.0. The average molecular weight is 421 g/mol. The lowest BCUT2D eigenvalue weighted by Gasteiger charge is -2.44. The van der Waals surface area contributed by atoms with Gasteiger partial charge in [-0.05, 0) is 68.7 Å². The number of hydrogen-bond donors (Lipinski definition) is 0. The van der Waals surface area contributed by atoms with Gasteiger partial charge in [0, 0.05) is 25.7 Å². The van der Waals surface area contributed by atoms with Crippen LogP contribution in [0.5, 0.6) is 5.75 Å². The number of carbonyl (C=O) groups excluding carboxylic acids is 1. The van der Waals surface area contributed by atoms with E-state index in [-0.39, 0.29) is 12.5 Å². The third-order valence-corrected chi connectivity index (χ3v) is 8.62. The van der Waals surface area contributed by atoms with Crippen LogP contribution < -0.4 is 4.74 Å². The van der Waals surface area contributed by atoms with Gasteiger partial charge in [0.1, 0.15) is 5.75 Å². The van der Waals surface area contributed by atoms with E-state index in [2.05, 4.69) is 0 Å². The Labute approximate surface area is 174 Å². The molecule has 0 radical (unpaired) electrons. The number of carbonyl (C=O) groups is 1. The Hall–Kier alpha value is -1.60. The van der Waals surface area contributed by atoms with Crippen molar-refractivity contribution in [3.05, 3.63) is 24.3 Å². The van der Waals surface area contributed by atoms with Crippen LogP contribution in [0.3, 0.4) is 0 Å². The Morgan fingerprint density at radius 3 is 2.34 bits per heavy atom. The van der Waals surface area contributed by atoms with Crippen molar-refractivity contribution in [2.75, 3.05) is 26.2 Å². The Kier molecular flexibility index (Phi) is 6.44. The summed E-state index contributed by atoms with van der Waals surface area (Å²) in [6.45, 7) is 2.03. The van der Waals surface area contributed by atoms with E-state index in [9.17, 15) is 13.2 Å². The summed E-state index contributed by atoms with van der Waals surface area (Å²) in [5, 5.41) is 0. The smallest absolute Gasteiger partial charge is 0.260 e. The van der Waals surface area contributed by atoms with Gasteiger partial charge in [0.15, 0.2) is 6.61 Å². The van der Waals surface area contributed by atoms with Crippen molar-refractivity contribution in [2.24, 2.45) is 5.92 Å². The van der Waals surface area contributed by atoms with Gasteiger partial charge in [0.2, 0.25) is 10.0 Å². The molecule has 2 heterocycles. The zero-order valence-electron chi connectivity index (χ0n) is 17.1. The first-order chi connectivity index (χ1) is 14.1. The van der Waals surface area contributed by atoms with E-state index in [1.165, 1.54) is 25.7 Å². The minimum atomic E-state index is -3.44. The SMILES string of the molecule is O=C(COc1ccc(S(=O)(=O)N2CCCCC2)cc1)N1CCC[C@@H]2CCCC[C@H]21. The molecule has 2 saturated heterocycles. The molecule has 7 heteroatoms. The number of nitrogens with zero attached hydrogens (tertiary/aromatic N) is 2. The van der Waals surface area contributed by atoms with Crippen LogP contribution in [0.1, 0.15) is 57.8 Å². The van der Waals surface area contributed by atoms with Gasteiger partial charge in [0.25, 0.3) is 5.91 Å². The molecule has 0 spiro atoms. The van der Waals surface area contributed by atoms with E-state index in [0.29, 0.717) is 35.7 Å². The molecule has 160 valence electrons. The van der Waals surface area contributed by atoms with Crippen molar-refractivity contribution in [3.63, 3.8) is 0 Å². The predicted octanol–water partition coefficient (Wildman–Crippen LogP) is 3.42. The molecule has 1 aromatic rings. The second-order valence-electron chi connectivity index (χ2n) is 8.57. The van der Waals surface area contributed by atoms with Crippen LogP contribution in [0.2, 0.25) is 0 Å². The van der Waals surface area contributed by atoms with Gasteiger partial charge in [-0.1, -0.05) is 19.3 Å². The number of ether oxygens (including phenoxy) is 1. The van der Waals surface area contributed by atoms with E-state index in [1.54, 1.807) is 28.6 Å². The summed E-state index contributed by atoms with van der Waals surface area (Å²) in [4.78, 5) is 15.1. The standard InChI is InChI=1S/C22H32N2O4S/c25-22(24-16-6-8-18-7-2-3-9-21(18)24)17-28-19-10-12-20(13-11-19)29(26,27)23-14-4-1-5-15-23/h10-13,18,21H,1-9,14-17H2/t18-,21+/m0/s1. The number of benzene rings is 1. The molecule has 0 bridgehead atoms. The Bertz CT molecular complexity index is 801. The number of piperidine rings is 2. The largest absolute Gasteiger partial charge is 0.484 e. The topological polar surface area (TPSA) is 66.9 Å². The van der Waals surface area contributed by atoms with Crippen LogP contribution in [-0.4, -0.2) is 55.8 Å². The van der Waals surface area contributed by atoms with Crippen LogP contribution in [-0.2, 0) is 14.8 Å². The van der Waals surface area contributed by atoms with Crippen LogP contribution in [0.15, 0.2) is 29.2 Å². The minimum absolute atomic E-state index is 0.0153. The molecule has 1 aliphatic carbocycles. The Morgan fingerprint density at radius 1 is 0.897 bits per heavy atom. The number of amides is 1. The highest BCUT2D eigenvalue weighted by molar-refractivity contribution is 7.89. The molecule has 0 unspecified atom stereocenters. The summed E-state index contributed by atoms with van der Waals surface area (Å²) >= 11 is 0. The molecule has 0 N–H and O–H groups in total. The molecule has 3 fully saturated rings. The summed E-state index contributed by atoms with van der Waals surface area (Å²) in [5.41, 5.74) is 0. The monoisotopic (exact) mass is 420 g/mol. The summed E-state index contributed by atoms with van der Waals surface area (Å²) in [6, 6.07) is 6.86. The van der Waals surface area contributed by atoms with Gasteiger partial charge in [-0.3, -0.25) is 4.79 Å². The molecule has 4 rings (SSSR count). The molecular formula is C22H32N2O4S. The fraction of sp³-hybridized carbons (Fsp3) is 0.682.